The SMILES string of the molecule is CC(=O)N(C1CCCC1)C(C)(C)C(=O)Nc1nc(-c2ccccc2)c(C(=O)c2ccccc2)s1. The molecule has 1 aliphatic carbocycles. The first kappa shape index (κ1) is 23.8. The molecule has 6 nitrogen and oxygen atoms in total. The summed E-state index contributed by atoms with van der Waals surface area (Å²) in [5.41, 5.74) is 0.842. The van der Waals surface area contributed by atoms with Gasteiger partial charge in [-0.25, -0.2) is 4.98 Å². The number of rotatable bonds is 7. The van der Waals surface area contributed by atoms with Crippen molar-refractivity contribution in [3.8, 4) is 11.3 Å². The van der Waals surface area contributed by atoms with Gasteiger partial charge < -0.3 is 4.90 Å². The molecule has 0 aliphatic heterocycles. The number of carbonyl (C=O) groups is 3. The number of benzene rings is 2. The molecule has 34 heavy (non-hydrogen) atoms. The second kappa shape index (κ2) is 9.89. The van der Waals surface area contributed by atoms with Crippen LogP contribution in [0.3, 0.4) is 0 Å². The smallest absolute Gasteiger partial charge is 0.251 e. The van der Waals surface area contributed by atoms with E-state index in [9.17, 15) is 14.4 Å². The summed E-state index contributed by atoms with van der Waals surface area (Å²) in [5, 5.41) is 3.24. The Labute approximate surface area is 204 Å². The van der Waals surface area contributed by atoms with Gasteiger partial charge in [-0.2, -0.15) is 0 Å². The van der Waals surface area contributed by atoms with Crippen LogP contribution in [0.15, 0.2) is 60.7 Å². The van der Waals surface area contributed by atoms with Crippen LogP contribution in [-0.4, -0.2) is 39.1 Å². The van der Waals surface area contributed by atoms with E-state index >= 15 is 0 Å². The number of aromatic nitrogens is 1. The molecule has 2 amide bonds. The Hall–Kier alpha value is -3.32. The Morgan fingerprint density at radius 1 is 0.971 bits per heavy atom. The molecule has 0 radical (unpaired) electrons. The Bertz CT molecular complexity index is 1180. The number of nitrogens with one attached hydrogen (secondary N) is 1. The van der Waals surface area contributed by atoms with E-state index in [1.165, 1.54) is 6.92 Å². The zero-order valence-electron chi connectivity index (χ0n) is 19.7. The van der Waals surface area contributed by atoms with E-state index in [-0.39, 0.29) is 23.6 Å². The highest BCUT2D eigenvalue weighted by Gasteiger charge is 2.41. The molecule has 1 fully saturated rings. The van der Waals surface area contributed by atoms with Crippen molar-refractivity contribution in [2.75, 3.05) is 5.32 Å². The lowest BCUT2D eigenvalue weighted by atomic mass is 9.98. The third-order valence-electron chi connectivity index (χ3n) is 6.32. The van der Waals surface area contributed by atoms with E-state index in [1.54, 1.807) is 30.9 Å². The van der Waals surface area contributed by atoms with Gasteiger partial charge in [-0.05, 0) is 26.7 Å². The van der Waals surface area contributed by atoms with Gasteiger partial charge in [-0.15, -0.1) is 0 Å². The van der Waals surface area contributed by atoms with Gasteiger partial charge >= 0.3 is 0 Å². The number of ketones is 1. The second-order valence-electron chi connectivity index (χ2n) is 9.10. The Balaban J connectivity index is 1.66. The molecule has 1 saturated carbocycles. The Morgan fingerprint density at radius 2 is 1.56 bits per heavy atom. The van der Waals surface area contributed by atoms with Gasteiger partial charge in [0.1, 0.15) is 10.4 Å². The van der Waals surface area contributed by atoms with Crippen LogP contribution >= 0.6 is 11.3 Å². The maximum atomic E-state index is 13.4. The molecule has 0 atom stereocenters. The molecule has 1 aromatic heterocycles. The summed E-state index contributed by atoms with van der Waals surface area (Å²) >= 11 is 1.16. The first-order valence-corrected chi connectivity index (χ1v) is 12.4. The highest BCUT2D eigenvalue weighted by Crippen LogP contribution is 2.35. The highest BCUT2D eigenvalue weighted by atomic mass is 32.1. The van der Waals surface area contributed by atoms with Crippen LogP contribution in [0, 0.1) is 0 Å². The van der Waals surface area contributed by atoms with Crippen molar-refractivity contribution in [2.24, 2.45) is 0 Å². The van der Waals surface area contributed by atoms with E-state index in [2.05, 4.69) is 10.3 Å². The highest BCUT2D eigenvalue weighted by molar-refractivity contribution is 7.18. The van der Waals surface area contributed by atoms with Crippen molar-refractivity contribution in [2.45, 2.75) is 58.0 Å². The largest absolute Gasteiger partial charge is 0.326 e. The minimum atomic E-state index is -1.05. The third-order valence-corrected chi connectivity index (χ3v) is 7.29. The molecule has 1 aliphatic rings. The van der Waals surface area contributed by atoms with E-state index in [4.69, 9.17) is 0 Å². The van der Waals surface area contributed by atoms with E-state index in [1.807, 2.05) is 48.5 Å². The maximum Gasteiger partial charge on any atom is 0.251 e. The minimum absolute atomic E-state index is 0.0599. The summed E-state index contributed by atoms with van der Waals surface area (Å²) in [6, 6.07) is 18.6. The molecule has 1 N–H and O–H groups in total. The Morgan fingerprint density at radius 3 is 2.15 bits per heavy atom. The fraction of sp³-hybridized carbons (Fsp3) is 0.333. The summed E-state index contributed by atoms with van der Waals surface area (Å²) in [6.45, 7) is 5.05. The molecule has 4 rings (SSSR count). The topological polar surface area (TPSA) is 79.4 Å². The molecule has 0 spiro atoms. The van der Waals surface area contributed by atoms with Gasteiger partial charge in [-0.1, -0.05) is 84.8 Å². The zero-order valence-corrected chi connectivity index (χ0v) is 20.5. The number of amides is 2. The molecular weight excluding hydrogens is 446 g/mol. The Kier molecular flexibility index (Phi) is 6.93. The summed E-state index contributed by atoms with van der Waals surface area (Å²) in [7, 11) is 0. The van der Waals surface area contributed by atoms with E-state index < -0.39 is 5.54 Å². The van der Waals surface area contributed by atoms with Gasteiger partial charge in [0, 0.05) is 24.1 Å². The van der Waals surface area contributed by atoms with Crippen molar-refractivity contribution in [3.05, 3.63) is 71.1 Å². The van der Waals surface area contributed by atoms with Crippen molar-refractivity contribution in [3.63, 3.8) is 0 Å². The molecule has 176 valence electrons. The lowest BCUT2D eigenvalue weighted by molar-refractivity contribution is -0.145. The number of thiazole rings is 1. The van der Waals surface area contributed by atoms with Gasteiger partial charge in [0.2, 0.25) is 11.7 Å². The van der Waals surface area contributed by atoms with Crippen molar-refractivity contribution in [1.82, 2.24) is 9.88 Å². The van der Waals surface area contributed by atoms with Crippen LogP contribution in [0.1, 0.15) is 61.7 Å². The number of anilines is 1. The van der Waals surface area contributed by atoms with E-state index in [0.29, 0.717) is 21.3 Å². The fourth-order valence-corrected chi connectivity index (χ4v) is 5.61. The predicted molar refractivity (Wildman–Crippen MR) is 135 cm³/mol. The molecule has 7 heteroatoms. The maximum absolute atomic E-state index is 13.4. The summed E-state index contributed by atoms with van der Waals surface area (Å²) in [6.07, 6.45) is 3.93. The van der Waals surface area contributed by atoms with Crippen LogP contribution in [0.2, 0.25) is 0 Å². The number of nitrogens with zero attached hydrogens (tertiary/aromatic N) is 2. The first-order valence-electron chi connectivity index (χ1n) is 11.6. The number of carbonyl (C=O) groups excluding carboxylic acids is 3. The monoisotopic (exact) mass is 475 g/mol. The molecule has 2 aromatic carbocycles. The van der Waals surface area contributed by atoms with Crippen molar-refractivity contribution in [1.29, 1.82) is 0 Å². The average molecular weight is 476 g/mol. The third kappa shape index (κ3) is 4.80. The van der Waals surface area contributed by atoms with Crippen molar-refractivity contribution >= 4 is 34.1 Å². The molecular formula is C27H29N3O3S. The van der Waals surface area contributed by atoms with Crippen LogP contribution in [0.4, 0.5) is 5.13 Å². The summed E-state index contributed by atoms with van der Waals surface area (Å²) < 4.78 is 0. The average Bonchev–Trinajstić information content (AvgIpc) is 3.50. The second-order valence-corrected chi connectivity index (χ2v) is 10.1. The summed E-state index contributed by atoms with van der Waals surface area (Å²) in [5.74, 6) is -0.578. The van der Waals surface area contributed by atoms with Crippen LogP contribution in [-0.2, 0) is 9.59 Å². The fourth-order valence-electron chi connectivity index (χ4n) is 4.67. The summed E-state index contributed by atoms with van der Waals surface area (Å²) in [4.78, 5) is 46.0. The molecule has 0 saturated heterocycles. The van der Waals surface area contributed by atoms with Crippen molar-refractivity contribution < 1.29 is 14.4 Å². The molecule has 0 bridgehead atoms. The van der Waals surface area contributed by atoms with E-state index in [0.717, 1.165) is 42.6 Å². The number of hydrogen-bond donors (Lipinski definition) is 1. The van der Waals surface area contributed by atoms with Crippen LogP contribution < -0.4 is 5.32 Å². The minimum Gasteiger partial charge on any atom is -0.326 e. The standard InChI is InChI=1S/C27H29N3O3S/c1-18(31)30(21-16-10-11-17-21)27(2,3)25(33)29-26-28-22(19-12-6-4-7-13-19)24(34-26)23(32)20-14-8-5-9-15-20/h4-9,12-15,21H,10-11,16-17H2,1-3H3,(H,28,29,33). The molecule has 3 aromatic rings. The normalized spacial score (nSPS) is 14.1. The lowest BCUT2D eigenvalue weighted by Crippen LogP contribution is -2.58. The lowest BCUT2D eigenvalue weighted by Gasteiger charge is -2.40. The first-order chi connectivity index (χ1) is 16.3. The van der Waals surface area contributed by atoms with Gasteiger partial charge in [0.15, 0.2) is 5.13 Å². The predicted octanol–water partition coefficient (Wildman–Crippen LogP) is 5.55. The van der Waals surface area contributed by atoms with Gasteiger partial charge in [-0.3, -0.25) is 19.7 Å². The molecule has 1 heterocycles. The zero-order chi connectivity index (χ0) is 24.3. The van der Waals surface area contributed by atoms with Crippen LogP contribution in [0.25, 0.3) is 11.3 Å². The quantitative estimate of drug-likeness (QED) is 0.455. The van der Waals surface area contributed by atoms with Gasteiger partial charge in [0.25, 0.3) is 5.91 Å². The molecule has 0 unspecified atom stereocenters. The number of hydrogen-bond acceptors (Lipinski definition) is 5. The van der Waals surface area contributed by atoms with Crippen LogP contribution in [0.5, 0.6) is 0 Å². The van der Waals surface area contributed by atoms with Gasteiger partial charge in [0.05, 0.1) is 5.69 Å².